The molecule has 2 amide bonds. The zero-order valence-corrected chi connectivity index (χ0v) is 17.5. The average molecular weight is 479 g/mol. The molecule has 6 nitrogen and oxygen atoms in total. The molecule has 3 aromatic rings. The van der Waals surface area contributed by atoms with Crippen LogP contribution in [0.15, 0.2) is 42.7 Å². The fraction of sp³-hybridized carbons (Fsp3) is 0.227. The maximum atomic E-state index is 14.2. The molecule has 0 bridgehead atoms. The van der Waals surface area contributed by atoms with E-state index >= 15 is 0 Å². The van der Waals surface area contributed by atoms with Gasteiger partial charge in [-0.2, -0.15) is 13.2 Å². The van der Waals surface area contributed by atoms with Gasteiger partial charge in [0.05, 0.1) is 22.9 Å². The number of benzene rings is 1. The van der Waals surface area contributed by atoms with Gasteiger partial charge in [-0.1, -0.05) is 11.6 Å². The number of aryl methyl sites for hydroxylation is 1. The second-order valence-electron chi connectivity index (χ2n) is 7.63. The van der Waals surface area contributed by atoms with Crippen molar-refractivity contribution in [1.29, 1.82) is 0 Å². The summed E-state index contributed by atoms with van der Waals surface area (Å²) in [6.45, 7) is -0.149. The zero-order valence-electron chi connectivity index (χ0n) is 16.8. The summed E-state index contributed by atoms with van der Waals surface area (Å²) in [6.07, 6.45) is -1.78. The van der Waals surface area contributed by atoms with Crippen molar-refractivity contribution in [3.63, 3.8) is 0 Å². The van der Waals surface area contributed by atoms with Crippen molar-refractivity contribution < 1.29 is 27.1 Å². The van der Waals surface area contributed by atoms with E-state index in [1.165, 1.54) is 29.3 Å². The van der Waals surface area contributed by atoms with Gasteiger partial charge in [0.2, 0.25) is 0 Å². The van der Waals surface area contributed by atoms with Gasteiger partial charge in [-0.25, -0.2) is 14.2 Å². The number of pyridine rings is 2. The lowest BCUT2D eigenvalue weighted by molar-refractivity contribution is -0.140. The number of amides is 2. The monoisotopic (exact) mass is 478 g/mol. The minimum Gasteiger partial charge on any atom is -0.484 e. The van der Waals surface area contributed by atoms with Gasteiger partial charge in [0.15, 0.2) is 5.69 Å². The minimum absolute atomic E-state index is 0.149. The summed E-state index contributed by atoms with van der Waals surface area (Å²) >= 11 is 6.43. The van der Waals surface area contributed by atoms with Crippen LogP contribution >= 0.6 is 11.6 Å². The third-order valence-electron chi connectivity index (χ3n) is 5.57. The van der Waals surface area contributed by atoms with Gasteiger partial charge in [0.25, 0.3) is 0 Å². The number of carbonyl (C=O) groups is 1. The second kappa shape index (κ2) is 7.87. The van der Waals surface area contributed by atoms with Crippen LogP contribution in [0.1, 0.15) is 35.0 Å². The van der Waals surface area contributed by atoms with Crippen molar-refractivity contribution in [3.8, 4) is 5.75 Å². The Morgan fingerprint density at radius 1 is 1.15 bits per heavy atom. The number of fused-ring (bicyclic) bond motifs is 2. The van der Waals surface area contributed by atoms with Crippen LogP contribution in [0, 0.1) is 5.82 Å². The Hall–Kier alpha value is -3.40. The molecule has 33 heavy (non-hydrogen) atoms. The van der Waals surface area contributed by atoms with Crippen molar-refractivity contribution in [2.75, 3.05) is 10.2 Å². The predicted molar refractivity (Wildman–Crippen MR) is 112 cm³/mol. The first-order chi connectivity index (χ1) is 15.7. The van der Waals surface area contributed by atoms with Crippen LogP contribution < -0.4 is 15.0 Å². The van der Waals surface area contributed by atoms with Crippen LogP contribution in [0.5, 0.6) is 5.75 Å². The van der Waals surface area contributed by atoms with E-state index in [1.54, 1.807) is 12.1 Å². The molecule has 0 fully saturated rings. The van der Waals surface area contributed by atoms with E-state index in [0.29, 0.717) is 18.6 Å². The van der Waals surface area contributed by atoms with Crippen molar-refractivity contribution in [3.05, 3.63) is 76.1 Å². The van der Waals surface area contributed by atoms with Crippen molar-refractivity contribution in [2.45, 2.75) is 31.7 Å². The number of alkyl halides is 3. The fourth-order valence-corrected chi connectivity index (χ4v) is 4.31. The van der Waals surface area contributed by atoms with E-state index in [0.717, 1.165) is 11.8 Å². The highest BCUT2D eigenvalue weighted by atomic mass is 35.5. The van der Waals surface area contributed by atoms with Crippen LogP contribution in [-0.2, 0) is 19.1 Å². The number of hydrogen-bond donors (Lipinski definition) is 1. The van der Waals surface area contributed by atoms with Crippen molar-refractivity contribution in [1.82, 2.24) is 9.97 Å². The Kier molecular flexibility index (Phi) is 5.12. The Labute approximate surface area is 190 Å². The molecule has 1 N–H and O–H groups in total. The molecule has 5 rings (SSSR count). The van der Waals surface area contributed by atoms with Crippen LogP contribution in [0.2, 0.25) is 5.02 Å². The highest BCUT2D eigenvalue weighted by molar-refractivity contribution is 6.34. The van der Waals surface area contributed by atoms with E-state index in [9.17, 15) is 22.4 Å². The van der Waals surface area contributed by atoms with Crippen LogP contribution in [0.3, 0.4) is 0 Å². The van der Waals surface area contributed by atoms with Gasteiger partial charge in [0, 0.05) is 18.5 Å². The molecule has 1 aromatic carbocycles. The number of urea groups is 1. The molecule has 0 saturated heterocycles. The lowest BCUT2D eigenvalue weighted by Crippen LogP contribution is -2.40. The number of aromatic nitrogens is 2. The number of nitrogens with zero attached hydrogens (tertiary/aromatic N) is 3. The zero-order chi connectivity index (χ0) is 23.3. The second-order valence-corrected chi connectivity index (χ2v) is 8.04. The molecule has 1 unspecified atom stereocenters. The van der Waals surface area contributed by atoms with Gasteiger partial charge in [0.1, 0.15) is 23.4 Å². The summed E-state index contributed by atoms with van der Waals surface area (Å²) in [5.41, 5.74) is -0.0873. The smallest absolute Gasteiger partial charge is 0.435 e. The molecule has 2 aliphatic heterocycles. The Balaban J connectivity index is 1.49. The van der Waals surface area contributed by atoms with Crippen LogP contribution in [0.4, 0.5) is 33.7 Å². The van der Waals surface area contributed by atoms with E-state index < -0.39 is 29.8 Å². The first-order valence-corrected chi connectivity index (χ1v) is 10.3. The molecule has 2 aromatic heterocycles. The normalized spacial score (nSPS) is 17.7. The third-order valence-corrected chi connectivity index (χ3v) is 5.87. The van der Waals surface area contributed by atoms with E-state index in [-0.39, 0.29) is 34.2 Å². The Bertz CT molecular complexity index is 1270. The first-order valence-electron chi connectivity index (χ1n) is 9.95. The molecule has 170 valence electrons. The number of halogens is 5. The highest BCUT2D eigenvalue weighted by Gasteiger charge is 2.39. The Morgan fingerprint density at radius 3 is 2.73 bits per heavy atom. The molecule has 0 radical (unpaired) electrons. The van der Waals surface area contributed by atoms with Gasteiger partial charge in [-0.15, -0.1) is 0 Å². The summed E-state index contributed by atoms with van der Waals surface area (Å²) in [5.74, 6) is -0.0822. The first kappa shape index (κ1) is 21.4. The minimum atomic E-state index is -4.71. The highest BCUT2D eigenvalue weighted by Crippen LogP contribution is 2.43. The molecular formula is C22H15ClF4N4O2. The van der Waals surface area contributed by atoms with Crippen molar-refractivity contribution in [2.24, 2.45) is 0 Å². The number of rotatable bonds is 2. The van der Waals surface area contributed by atoms with Crippen molar-refractivity contribution >= 4 is 29.0 Å². The summed E-state index contributed by atoms with van der Waals surface area (Å²) in [7, 11) is 0. The molecule has 4 heterocycles. The van der Waals surface area contributed by atoms with Crippen LogP contribution in [-0.4, -0.2) is 16.0 Å². The molecule has 0 aliphatic carbocycles. The van der Waals surface area contributed by atoms with E-state index in [2.05, 4.69) is 15.3 Å². The number of anilines is 2. The lowest BCUT2D eigenvalue weighted by Gasteiger charge is -2.32. The molecule has 1 atom stereocenters. The molecule has 0 saturated carbocycles. The lowest BCUT2D eigenvalue weighted by atomic mass is 9.99. The fourth-order valence-electron chi connectivity index (χ4n) is 4.02. The van der Waals surface area contributed by atoms with E-state index in [1.807, 2.05) is 0 Å². The predicted octanol–water partition coefficient (Wildman–Crippen LogP) is 5.91. The maximum Gasteiger partial charge on any atom is 0.435 e. The largest absolute Gasteiger partial charge is 0.484 e. The van der Waals surface area contributed by atoms with Gasteiger partial charge >= 0.3 is 12.2 Å². The molecule has 11 heteroatoms. The van der Waals surface area contributed by atoms with Gasteiger partial charge in [-0.3, -0.25) is 9.88 Å². The Morgan fingerprint density at radius 2 is 1.97 bits per heavy atom. The summed E-state index contributed by atoms with van der Waals surface area (Å²) in [6, 6.07) is 6.59. The van der Waals surface area contributed by atoms with E-state index in [4.69, 9.17) is 16.3 Å². The topological polar surface area (TPSA) is 67.4 Å². The number of hydrogen-bond acceptors (Lipinski definition) is 4. The molecule has 2 aliphatic rings. The summed E-state index contributed by atoms with van der Waals surface area (Å²) < 4.78 is 60.0. The maximum absolute atomic E-state index is 14.2. The number of carbonyl (C=O) groups excluding carboxylic acids is 1. The SMILES string of the molecule is O=C1Nc2c(ccnc2C(F)(F)F)CN1c1cc2c(cc1Cl)CCC(c1ncccc1F)O2. The average Bonchev–Trinajstić information content (AvgIpc) is 2.77. The molecule has 0 spiro atoms. The number of ether oxygens (including phenoxy) is 1. The number of nitrogens with one attached hydrogen (secondary N) is 1. The molecular weight excluding hydrogens is 464 g/mol. The standard InChI is InChI=1S/C22H15ClF4N4O2/c23-13-8-11-3-4-16(19-14(24)2-1-6-28-19)33-17(11)9-15(13)31-10-12-5-7-29-20(22(25,26)27)18(12)30-21(31)32/h1-2,5-9,16H,3-4,10H2,(H,30,32). The quantitative estimate of drug-likeness (QED) is 0.465. The third kappa shape index (κ3) is 3.84. The van der Waals surface area contributed by atoms with Gasteiger partial charge < -0.3 is 10.1 Å². The summed E-state index contributed by atoms with van der Waals surface area (Å²) in [4.78, 5) is 21.4. The van der Waals surface area contributed by atoms with Gasteiger partial charge in [-0.05, 0) is 48.2 Å². The van der Waals surface area contributed by atoms with Crippen LogP contribution in [0.25, 0.3) is 0 Å². The summed E-state index contributed by atoms with van der Waals surface area (Å²) in [5, 5.41) is 2.52.